The molecule has 3 nitrogen and oxygen atoms in total. The molecule has 90 valence electrons. The highest BCUT2D eigenvalue weighted by Crippen LogP contribution is 2.29. The van der Waals surface area contributed by atoms with Crippen molar-refractivity contribution in [3.8, 4) is 5.75 Å². The van der Waals surface area contributed by atoms with Crippen LogP contribution in [-0.4, -0.2) is 6.10 Å². The second-order valence-electron chi connectivity index (χ2n) is 4.59. The summed E-state index contributed by atoms with van der Waals surface area (Å²) in [6.07, 6.45) is 0.173. The fraction of sp³-hybridized carbons (Fsp3) is 0.538. The van der Waals surface area contributed by atoms with Gasteiger partial charge in [-0.25, -0.2) is 0 Å². The zero-order valence-electron chi connectivity index (χ0n) is 10.5. The first kappa shape index (κ1) is 13.0. The molecule has 1 rings (SSSR count). The Hall–Kier alpha value is -1.06. The first-order valence-electron chi connectivity index (χ1n) is 5.78. The van der Waals surface area contributed by atoms with Crippen molar-refractivity contribution in [2.24, 2.45) is 11.8 Å². The molecule has 0 fully saturated rings. The monoisotopic (exact) mass is 222 g/mol. The topological polar surface area (TPSA) is 47.3 Å². The molecule has 0 bridgehead atoms. The normalized spacial score (nSPS) is 13.2. The molecule has 16 heavy (non-hydrogen) atoms. The molecular formula is C13H22N2O. The number of nitrogens with one attached hydrogen (secondary N) is 1. The Morgan fingerprint density at radius 1 is 1.12 bits per heavy atom. The minimum absolute atomic E-state index is 0.120. The van der Waals surface area contributed by atoms with Crippen molar-refractivity contribution in [3.05, 3.63) is 29.8 Å². The molecule has 0 radical (unpaired) electrons. The maximum atomic E-state index is 5.78. The van der Waals surface area contributed by atoms with Crippen LogP contribution in [0, 0.1) is 5.92 Å². The van der Waals surface area contributed by atoms with Crippen LogP contribution in [-0.2, 0) is 0 Å². The smallest absolute Gasteiger partial charge is 0.124 e. The number of hydrogen-bond acceptors (Lipinski definition) is 3. The van der Waals surface area contributed by atoms with E-state index in [2.05, 4.69) is 25.3 Å². The highest BCUT2D eigenvalue weighted by Gasteiger charge is 2.18. The first-order valence-corrected chi connectivity index (χ1v) is 5.78. The van der Waals surface area contributed by atoms with E-state index in [9.17, 15) is 0 Å². The van der Waals surface area contributed by atoms with Crippen LogP contribution in [0.4, 0.5) is 0 Å². The van der Waals surface area contributed by atoms with Crippen LogP contribution in [0.2, 0.25) is 0 Å². The van der Waals surface area contributed by atoms with Gasteiger partial charge in [0.05, 0.1) is 12.1 Å². The molecule has 0 spiro atoms. The molecule has 0 aliphatic rings. The Kier molecular flexibility index (Phi) is 4.77. The van der Waals surface area contributed by atoms with E-state index in [1.165, 1.54) is 0 Å². The van der Waals surface area contributed by atoms with Gasteiger partial charge in [0.1, 0.15) is 5.75 Å². The first-order chi connectivity index (χ1) is 7.56. The summed E-state index contributed by atoms with van der Waals surface area (Å²) in [6.45, 7) is 8.32. The molecule has 0 saturated heterocycles. The lowest BCUT2D eigenvalue weighted by atomic mass is 9.96. The average molecular weight is 222 g/mol. The number of rotatable bonds is 5. The zero-order valence-corrected chi connectivity index (χ0v) is 10.5. The number of nitrogens with two attached hydrogens (primary N) is 1. The molecule has 3 heteroatoms. The van der Waals surface area contributed by atoms with Crippen molar-refractivity contribution in [2.75, 3.05) is 0 Å². The molecule has 1 unspecified atom stereocenters. The van der Waals surface area contributed by atoms with Crippen molar-refractivity contribution in [3.63, 3.8) is 0 Å². The van der Waals surface area contributed by atoms with Crippen LogP contribution < -0.4 is 16.0 Å². The van der Waals surface area contributed by atoms with Gasteiger partial charge in [-0.15, -0.1) is 0 Å². The van der Waals surface area contributed by atoms with Crippen molar-refractivity contribution in [1.82, 2.24) is 5.43 Å². The second kappa shape index (κ2) is 5.87. The number of benzene rings is 1. The van der Waals surface area contributed by atoms with Gasteiger partial charge >= 0.3 is 0 Å². The summed E-state index contributed by atoms with van der Waals surface area (Å²) < 4.78 is 5.78. The van der Waals surface area contributed by atoms with E-state index in [-0.39, 0.29) is 12.1 Å². The molecule has 1 aromatic carbocycles. The van der Waals surface area contributed by atoms with E-state index in [4.69, 9.17) is 10.6 Å². The Labute approximate surface area is 98.0 Å². The summed E-state index contributed by atoms with van der Waals surface area (Å²) in [5.41, 5.74) is 3.97. The van der Waals surface area contributed by atoms with Crippen LogP contribution >= 0.6 is 0 Å². The molecule has 0 heterocycles. The van der Waals surface area contributed by atoms with Crippen molar-refractivity contribution in [1.29, 1.82) is 0 Å². The van der Waals surface area contributed by atoms with Gasteiger partial charge in [-0.05, 0) is 25.8 Å². The SMILES string of the molecule is CC(C)Oc1ccccc1C(NN)C(C)C. The Bertz CT molecular complexity index is 323. The third kappa shape index (κ3) is 3.22. The molecule has 0 aliphatic heterocycles. The maximum Gasteiger partial charge on any atom is 0.124 e. The molecule has 0 saturated carbocycles. The van der Waals surface area contributed by atoms with Gasteiger partial charge in [-0.1, -0.05) is 32.0 Å². The highest BCUT2D eigenvalue weighted by molar-refractivity contribution is 5.36. The lowest BCUT2D eigenvalue weighted by Gasteiger charge is -2.23. The molecule has 0 aromatic heterocycles. The molecular weight excluding hydrogens is 200 g/mol. The third-order valence-electron chi connectivity index (χ3n) is 2.46. The molecule has 0 amide bonds. The molecule has 3 N–H and O–H groups in total. The highest BCUT2D eigenvalue weighted by atomic mass is 16.5. The minimum Gasteiger partial charge on any atom is -0.491 e. The van der Waals surface area contributed by atoms with E-state index < -0.39 is 0 Å². The van der Waals surface area contributed by atoms with E-state index in [1.807, 2.05) is 32.0 Å². The van der Waals surface area contributed by atoms with Gasteiger partial charge in [0.2, 0.25) is 0 Å². The van der Waals surface area contributed by atoms with Crippen LogP contribution in [0.5, 0.6) is 5.75 Å². The molecule has 1 atom stereocenters. The predicted octanol–water partition coefficient (Wildman–Crippen LogP) is 2.63. The van der Waals surface area contributed by atoms with Crippen LogP contribution in [0.25, 0.3) is 0 Å². The summed E-state index contributed by atoms with van der Waals surface area (Å²) in [6, 6.07) is 8.16. The fourth-order valence-corrected chi connectivity index (χ4v) is 1.74. The van der Waals surface area contributed by atoms with Crippen molar-refractivity contribution >= 4 is 0 Å². The largest absolute Gasteiger partial charge is 0.491 e. The zero-order chi connectivity index (χ0) is 12.1. The summed E-state index contributed by atoms with van der Waals surface area (Å²) in [7, 11) is 0. The Balaban J connectivity index is 3.01. The molecule has 0 aliphatic carbocycles. The van der Waals surface area contributed by atoms with E-state index in [1.54, 1.807) is 0 Å². The lowest BCUT2D eigenvalue weighted by Crippen LogP contribution is -2.32. The van der Waals surface area contributed by atoms with Gasteiger partial charge in [0, 0.05) is 5.56 Å². The van der Waals surface area contributed by atoms with Gasteiger partial charge < -0.3 is 4.74 Å². The lowest BCUT2D eigenvalue weighted by molar-refractivity contribution is 0.235. The van der Waals surface area contributed by atoms with Crippen molar-refractivity contribution < 1.29 is 4.74 Å². The van der Waals surface area contributed by atoms with Crippen molar-refractivity contribution in [2.45, 2.75) is 39.8 Å². The van der Waals surface area contributed by atoms with Crippen LogP contribution in [0.3, 0.4) is 0 Å². The quantitative estimate of drug-likeness (QED) is 0.594. The van der Waals surface area contributed by atoms with E-state index >= 15 is 0 Å². The van der Waals surface area contributed by atoms with Crippen LogP contribution in [0.1, 0.15) is 39.3 Å². The minimum atomic E-state index is 0.120. The fourth-order valence-electron chi connectivity index (χ4n) is 1.74. The van der Waals surface area contributed by atoms with Gasteiger partial charge in [-0.3, -0.25) is 11.3 Å². The maximum absolute atomic E-state index is 5.78. The number of hydrazine groups is 1. The number of ether oxygens (including phenoxy) is 1. The summed E-state index contributed by atoms with van der Waals surface area (Å²) >= 11 is 0. The second-order valence-corrected chi connectivity index (χ2v) is 4.59. The third-order valence-corrected chi connectivity index (χ3v) is 2.46. The summed E-state index contributed by atoms with van der Waals surface area (Å²) in [5, 5.41) is 0. The van der Waals surface area contributed by atoms with E-state index in [0.29, 0.717) is 5.92 Å². The van der Waals surface area contributed by atoms with Gasteiger partial charge in [-0.2, -0.15) is 0 Å². The summed E-state index contributed by atoms with van der Waals surface area (Å²) in [4.78, 5) is 0. The predicted molar refractivity (Wildman–Crippen MR) is 67.1 cm³/mol. The number of para-hydroxylation sites is 1. The number of hydrogen-bond donors (Lipinski definition) is 2. The van der Waals surface area contributed by atoms with Gasteiger partial charge in [0.15, 0.2) is 0 Å². The standard InChI is InChI=1S/C13H22N2O/c1-9(2)13(15-14)11-7-5-6-8-12(11)16-10(3)4/h5-10,13,15H,14H2,1-4H3. The van der Waals surface area contributed by atoms with Crippen LogP contribution in [0.15, 0.2) is 24.3 Å². The molecule has 1 aromatic rings. The van der Waals surface area contributed by atoms with Gasteiger partial charge in [0.25, 0.3) is 0 Å². The van der Waals surface area contributed by atoms with E-state index in [0.717, 1.165) is 11.3 Å². The Morgan fingerprint density at radius 2 is 1.75 bits per heavy atom. The average Bonchev–Trinajstić information content (AvgIpc) is 2.20. The summed E-state index contributed by atoms with van der Waals surface area (Å²) in [5.74, 6) is 6.93. The Morgan fingerprint density at radius 3 is 2.25 bits per heavy atom.